The summed E-state index contributed by atoms with van der Waals surface area (Å²) in [5.74, 6) is 0.920. The standard InChI is InChI=1S/C15H32N2/c1-4-9-16-10-7-5-6-8-11-17-13-14(2)12-15(17)3/h14-16H,4-13H2,1-3H3. The van der Waals surface area contributed by atoms with Gasteiger partial charge in [-0.15, -0.1) is 0 Å². The molecule has 0 aliphatic carbocycles. The Morgan fingerprint density at radius 2 is 1.82 bits per heavy atom. The van der Waals surface area contributed by atoms with Crippen molar-refractivity contribution in [1.29, 1.82) is 0 Å². The molecule has 0 aromatic rings. The van der Waals surface area contributed by atoms with Gasteiger partial charge in [-0.3, -0.25) is 0 Å². The predicted molar refractivity (Wildman–Crippen MR) is 76.4 cm³/mol. The maximum Gasteiger partial charge on any atom is 0.00700 e. The van der Waals surface area contributed by atoms with Gasteiger partial charge in [-0.2, -0.15) is 0 Å². The molecule has 0 aromatic heterocycles. The van der Waals surface area contributed by atoms with Gasteiger partial charge < -0.3 is 10.2 Å². The number of nitrogens with zero attached hydrogens (tertiary/aromatic N) is 1. The number of likely N-dealkylation sites (tertiary alicyclic amines) is 1. The maximum atomic E-state index is 3.47. The zero-order chi connectivity index (χ0) is 12.5. The van der Waals surface area contributed by atoms with Crippen LogP contribution >= 0.6 is 0 Å². The molecule has 0 spiro atoms. The third kappa shape index (κ3) is 6.42. The van der Waals surface area contributed by atoms with Gasteiger partial charge in [0.05, 0.1) is 0 Å². The van der Waals surface area contributed by atoms with Gasteiger partial charge in [0.15, 0.2) is 0 Å². The van der Waals surface area contributed by atoms with Crippen LogP contribution in [-0.4, -0.2) is 37.1 Å². The van der Waals surface area contributed by atoms with Crippen LogP contribution in [0.3, 0.4) is 0 Å². The normalized spacial score (nSPS) is 25.6. The molecule has 2 atom stereocenters. The van der Waals surface area contributed by atoms with Crippen LogP contribution in [0.1, 0.15) is 59.3 Å². The van der Waals surface area contributed by atoms with Gasteiger partial charge in [0.2, 0.25) is 0 Å². The van der Waals surface area contributed by atoms with Crippen LogP contribution < -0.4 is 5.32 Å². The molecule has 1 aliphatic heterocycles. The minimum absolute atomic E-state index is 0.830. The highest BCUT2D eigenvalue weighted by Gasteiger charge is 2.24. The fourth-order valence-electron chi connectivity index (χ4n) is 2.92. The summed E-state index contributed by atoms with van der Waals surface area (Å²) in [6, 6.07) is 0.830. The first-order valence-electron chi connectivity index (χ1n) is 7.68. The number of rotatable bonds is 9. The Kier molecular flexibility index (Phi) is 7.87. The van der Waals surface area contributed by atoms with Crippen LogP contribution in [0.2, 0.25) is 0 Å². The molecule has 2 heteroatoms. The molecule has 102 valence electrons. The van der Waals surface area contributed by atoms with E-state index < -0.39 is 0 Å². The van der Waals surface area contributed by atoms with Crippen LogP contribution in [0.15, 0.2) is 0 Å². The lowest BCUT2D eigenvalue weighted by Crippen LogP contribution is -2.28. The summed E-state index contributed by atoms with van der Waals surface area (Å²) < 4.78 is 0. The zero-order valence-corrected chi connectivity index (χ0v) is 12.2. The molecular weight excluding hydrogens is 208 g/mol. The third-order valence-electron chi connectivity index (χ3n) is 3.89. The molecule has 0 amide bonds. The Labute approximate surface area is 108 Å². The summed E-state index contributed by atoms with van der Waals surface area (Å²) in [4.78, 5) is 2.68. The minimum atomic E-state index is 0.830. The number of hydrogen-bond acceptors (Lipinski definition) is 2. The van der Waals surface area contributed by atoms with Crippen molar-refractivity contribution in [2.45, 2.75) is 65.3 Å². The van der Waals surface area contributed by atoms with Crippen molar-refractivity contribution in [2.75, 3.05) is 26.2 Å². The van der Waals surface area contributed by atoms with Crippen molar-refractivity contribution in [3.8, 4) is 0 Å². The quantitative estimate of drug-likeness (QED) is 0.622. The molecule has 2 nitrogen and oxygen atoms in total. The summed E-state index contributed by atoms with van der Waals surface area (Å²) in [6.45, 7) is 12.1. The molecule has 1 N–H and O–H groups in total. The van der Waals surface area contributed by atoms with Crippen molar-refractivity contribution in [3.63, 3.8) is 0 Å². The average Bonchev–Trinajstić information content (AvgIpc) is 2.61. The monoisotopic (exact) mass is 240 g/mol. The van der Waals surface area contributed by atoms with E-state index in [-0.39, 0.29) is 0 Å². The molecule has 2 unspecified atom stereocenters. The molecule has 1 saturated heterocycles. The molecule has 1 rings (SSSR count). The number of nitrogens with one attached hydrogen (secondary N) is 1. The molecule has 1 fully saturated rings. The van der Waals surface area contributed by atoms with E-state index in [9.17, 15) is 0 Å². The maximum absolute atomic E-state index is 3.47. The lowest BCUT2D eigenvalue weighted by Gasteiger charge is -2.20. The highest BCUT2D eigenvalue weighted by molar-refractivity contribution is 4.79. The zero-order valence-electron chi connectivity index (χ0n) is 12.2. The van der Waals surface area contributed by atoms with Crippen molar-refractivity contribution < 1.29 is 0 Å². The Morgan fingerprint density at radius 1 is 1.06 bits per heavy atom. The Bertz CT molecular complexity index is 182. The van der Waals surface area contributed by atoms with E-state index >= 15 is 0 Å². The van der Waals surface area contributed by atoms with Crippen molar-refractivity contribution in [1.82, 2.24) is 10.2 Å². The van der Waals surface area contributed by atoms with Crippen LogP contribution in [0.4, 0.5) is 0 Å². The molecule has 0 bridgehead atoms. The largest absolute Gasteiger partial charge is 0.317 e. The second-order valence-corrected chi connectivity index (χ2v) is 5.85. The van der Waals surface area contributed by atoms with E-state index in [0.717, 1.165) is 12.0 Å². The van der Waals surface area contributed by atoms with Crippen LogP contribution in [0.25, 0.3) is 0 Å². The number of hydrogen-bond donors (Lipinski definition) is 1. The highest BCUT2D eigenvalue weighted by Crippen LogP contribution is 2.22. The molecule has 0 radical (unpaired) electrons. The second-order valence-electron chi connectivity index (χ2n) is 5.85. The summed E-state index contributed by atoms with van der Waals surface area (Å²) in [7, 11) is 0. The van der Waals surface area contributed by atoms with Crippen LogP contribution in [-0.2, 0) is 0 Å². The summed E-state index contributed by atoms with van der Waals surface area (Å²) in [6.07, 6.45) is 8.21. The molecule has 1 aliphatic rings. The Hall–Kier alpha value is -0.0800. The SMILES string of the molecule is CCCNCCCCCCN1CC(C)CC1C. The van der Waals surface area contributed by atoms with Gasteiger partial charge in [0.1, 0.15) is 0 Å². The smallest absolute Gasteiger partial charge is 0.00700 e. The summed E-state index contributed by atoms with van der Waals surface area (Å²) in [5, 5.41) is 3.47. The van der Waals surface area contributed by atoms with Gasteiger partial charge >= 0.3 is 0 Å². The van der Waals surface area contributed by atoms with Crippen molar-refractivity contribution in [3.05, 3.63) is 0 Å². The van der Waals surface area contributed by atoms with Gasteiger partial charge in [0, 0.05) is 12.6 Å². The van der Waals surface area contributed by atoms with Crippen LogP contribution in [0, 0.1) is 5.92 Å². The predicted octanol–water partition coefficient (Wildman–Crippen LogP) is 3.28. The van der Waals surface area contributed by atoms with Gasteiger partial charge in [0.25, 0.3) is 0 Å². The van der Waals surface area contributed by atoms with Gasteiger partial charge in [-0.1, -0.05) is 26.7 Å². The first kappa shape index (κ1) is 15.0. The molecule has 0 saturated carbocycles. The van der Waals surface area contributed by atoms with E-state index in [0.29, 0.717) is 0 Å². The Morgan fingerprint density at radius 3 is 2.47 bits per heavy atom. The highest BCUT2D eigenvalue weighted by atomic mass is 15.2. The van der Waals surface area contributed by atoms with E-state index in [4.69, 9.17) is 0 Å². The van der Waals surface area contributed by atoms with Crippen LogP contribution in [0.5, 0.6) is 0 Å². The van der Waals surface area contributed by atoms with Gasteiger partial charge in [-0.25, -0.2) is 0 Å². The first-order chi connectivity index (χ1) is 8.24. The van der Waals surface area contributed by atoms with E-state index in [1.807, 2.05) is 0 Å². The van der Waals surface area contributed by atoms with E-state index in [1.165, 1.54) is 64.7 Å². The summed E-state index contributed by atoms with van der Waals surface area (Å²) in [5.41, 5.74) is 0. The molecule has 17 heavy (non-hydrogen) atoms. The summed E-state index contributed by atoms with van der Waals surface area (Å²) >= 11 is 0. The third-order valence-corrected chi connectivity index (χ3v) is 3.89. The molecular formula is C15H32N2. The van der Waals surface area contributed by atoms with Crippen molar-refractivity contribution >= 4 is 0 Å². The fraction of sp³-hybridized carbons (Fsp3) is 1.00. The fourth-order valence-corrected chi connectivity index (χ4v) is 2.92. The molecule has 1 heterocycles. The van der Waals surface area contributed by atoms with E-state index in [2.05, 4.69) is 31.0 Å². The lowest BCUT2D eigenvalue weighted by molar-refractivity contribution is 0.258. The van der Waals surface area contributed by atoms with Crippen molar-refractivity contribution in [2.24, 2.45) is 5.92 Å². The van der Waals surface area contributed by atoms with Gasteiger partial charge in [-0.05, 0) is 58.2 Å². The average molecular weight is 240 g/mol. The topological polar surface area (TPSA) is 15.3 Å². The first-order valence-corrected chi connectivity index (χ1v) is 7.68. The Balaban J connectivity index is 1.87. The minimum Gasteiger partial charge on any atom is -0.317 e. The number of unbranched alkanes of at least 4 members (excludes halogenated alkanes) is 3. The molecule has 0 aromatic carbocycles. The van der Waals surface area contributed by atoms with E-state index in [1.54, 1.807) is 0 Å². The second kappa shape index (κ2) is 8.93. The lowest BCUT2D eigenvalue weighted by atomic mass is 10.1.